The van der Waals surface area contributed by atoms with Crippen LogP contribution in [0.4, 0.5) is 0 Å². The van der Waals surface area contributed by atoms with Crippen molar-refractivity contribution in [1.82, 2.24) is 0 Å². The number of benzene rings is 2. The molecule has 1 fully saturated rings. The molecule has 0 aromatic heterocycles. The number of carbonyl (C=O) groups excluding carboxylic acids is 1. The van der Waals surface area contributed by atoms with E-state index in [1.54, 1.807) is 18.2 Å². The Morgan fingerprint density at radius 3 is 2.50 bits per heavy atom. The van der Waals surface area contributed by atoms with Crippen LogP contribution in [-0.4, -0.2) is 25.5 Å². The summed E-state index contributed by atoms with van der Waals surface area (Å²) < 4.78 is 37.4. The molecule has 1 N–H and O–H groups in total. The number of hydrogen-bond acceptors (Lipinski definition) is 6. The van der Waals surface area contributed by atoms with E-state index in [4.69, 9.17) is 8.92 Å². The zero-order chi connectivity index (χ0) is 26.2. The fraction of sp³-hybridized carbons (Fsp3) is 0.357. The number of esters is 1. The van der Waals surface area contributed by atoms with E-state index in [-0.39, 0.29) is 35.2 Å². The van der Waals surface area contributed by atoms with Crippen LogP contribution in [-0.2, 0) is 32.7 Å². The second kappa shape index (κ2) is 9.93. The molecule has 1 heterocycles. The Bertz CT molecular complexity index is 1370. The van der Waals surface area contributed by atoms with Gasteiger partial charge >= 0.3 is 22.1 Å². The van der Waals surface area contributed by atoms with E-state index in [0.717, 1.165) is 29.5 Å². The number of cyclic esters (lactones) is 1. The molecule has 4 rings (SSSR count). The monoisotopic (exact) mass is 510 g/mol. The minimum absolute atomic E-state index is 0.0260. The molecule has 0 bridgehead atoms. The highest BCUT2D eigenvalue weighted by molar-refractivity contribution is 7.87. The van der Waals surface area contributed by atoms with E-state index < -0.39 is 28.0 Å². The molecule has 0 spiro atoms. The quantitative estimate of drug-likeness (QED) is 0.289. The number of carboxylic acids is 1. The van der Waals surface area contributed by atoms with Crippen molar-refractivity contribution in [2.75, 3.05) is 0 Å². The normalized spacial score (nSPS) is 19.6. The van der Waals surface area contributed by atoms with Gasteiger partial charge in [0.05, 0.1) is 5.92 Å². The van der Waals surface area contributed by atoms with Gasteiger partial charge in [-0.1, -0.05) is 48.4 Å². The molecule has 2 atom stereocenters. The van der Waals surface area contributed by atoms with Gasteiger partial charge in [0.15, 0.2) is 5.75 Å². The number of aliphatic carboxylic acids is 1. The van der Waals surface area contributed by atoms with Crippen LogP contribution in [0.15, 0.2) is 47.4 Å². The highest BCUT2D eigenvalue weighted by Gasteiger charge is 2.36. The van der Waals surface area contributed by atoms with Gasteiger partial charge < -0.3 is 14.0 Å². The molecule has 36 heavy (non-hydrogen) atoms. The van der Waals surface area contributed by atoms with Crippen LogP contribution in [0.2, 0.25) is 0 Å². The zero-order valence-corrected chi connectivity index (χ0v) is 21.5. The van der Waals surface area contributed by atoms with Crippen molar-refractivity contribution in [2.24, 2.45) is 11.8 Å². The van der Waals surface area contributed by atoms with Crippen molar-refractivity contribution in [2.45, 2.75) is 58.0 Å². The van der Waals surface area contributed by atoms with Gasteiger partial charge in [-0.25, -0.2) is 4.79 Å². The topological polar surface area (TPSA) is 107 Å². The first-order valence-corrected chi connectivity index (χ1v) is 13.3. The average Bonchev–Trinajstić information content (AvgIpc) is 3.47. The summed E-state index contributed by atoms with van der Waals surface area (Å²) in [6, 6.07) is 6.27. The summed E-state index contributed by atoms with van der Waals surface area (Å²) in [4.78, 5) is 24.4. The molecule has 2 aromatic carbocycles. The smallest absolute Gasteiger partial charge is 0.342 e. The molecule has 1 aliphatic carbocycles. The van der Waals surface area contributed by atoms with Crippen LogP contribution in [0, 0.1) is 25.7 Å². The van der Waals surface area contributed by atoms with Crippen LogP contribution >= 0.6 is 0 Å². The third kappa shape index (κ3) is 4.69. The van der Waals surface area contributed by atoms with Crippen LogP contribution in [0.25, 0.3) is 6.08 Å². The van der Waals surface area contributed by atoms with Crippen molar-refractivity contribution in [3.8, 4) is 5.75 Å². The van der Waals surface area contributed by atoms with Crippen LogP contribution in [0.3, 0.4) is 0 Å². The minimum Gasteiger partial charge on any atom is -0.481 e. The van der Waals surface area contributed by atoms with E-state index in [1.165, 1.54) is 12.1 Å². The third-order valence-corrected chi connectivity index (χ3v) is 8.53. The SMILES string of the molecule is C=Cc1c(C)c2c(c(OS(=O)(=O)c3ccc(C)cc3)c1C/C=C(\C)C1CCCC1C(=O)O)C(=O)OC2. The Kier molecular flexibility index (Phi) is 7.09. The fourth-order valence-corrected chi connectivity index (χ4v) is 6.21. The lowest BCUT2D eigenvalue weighted by molar-refractivity contribution is -0.142. The van der Waals surface area contributed by atoms with E-state index in [0.29, 0.717) is 23.1 Å². The Morgan fingerprint density at radius 1 is 1.19 bits per heavy atom. The fourth-order valence-electron chi connectivity index (χ4n) is 5.24. The summed E-state index contributed by atoms with van der Waals surface area (Å²) in [5, 5.41) is 9.59. The number of rotatable bonds is 8. The Morgan fingerprint density at radius 2 is 1.86 bits per heavy atom. The van der Waals surface area contributed by atoms with Crippen molar-refractivity contribution >= 4 is 28.1 Å². The van der Waals surface area contributed by atoms with E-state index in [9.17, 15) is 23.1 Å². The summed E-state index contributed by atoms with van der Waals surface area (Å²) >= 11 is 0. The Hall–Kier alpha value is -3.39. The summed E-state index contributed by atoms with van der Waals surface area (Å²) in [5.41, 5.74) is 4.45. The number of hydrogen-bond donors (Lipinski definition) is 1. The average molecular weight is 511 g/mol. The second-order valence-electron chi connectivity index (χ2n) is 9.47. The number of carboxylic acid groups (broad SMARTS) is 1. The summed E-state index contributed by atoms with van der Waals surface area (Å²) in [6.07, 6.45) is 6.04. The summed E-state index contributed by atoms with van der Waals surface area (Å²) in [5.74, 6) is -2.02. The molecule has 190 valence electrons. The molecule has 2 aromatic rings. The van der Waals surface area contributed by atoms with Crippen LogP contribution in [0.5, 0.6) is 5.75 Å². The molecule has 0 amide bonds. The molecule has 1 aliphatic heterocycles. The Labute approximate surface area is 211 Å². The largest absolute Gasteiger partial charge is 0.481 e. The molecule has 2 unspecified atom stereocenters. The molecule has 7 nitrogen and oxygen atoms in total. The van der Waals surface area contributed by atoms with Gasteiger partial charge in [0.1, 0.15) is 17.1 Å². The van der Waals surface area contributed by atoms with E-state index in [1.807, 2.05) is 26.8 Å². The first-order valence-electron chi connectivity index (χ1n) is 11.9. The minimum atomic E-state index is -4.25. The van der Waals surface area contributed by atoms with Gasteiger partial charge in [-0.15, -0.1) is 0 Å². The van der Waals surface area contributed by atoms with Crippen molar-refractivity contribution in [3.05, 3.63) is 75.9 Å². The predicted octanol–water partition coefficient (Wildman–Crippen LogP) is 5.37. The first kappa shape index (κ1) is 25.7. The maximum absolute atomic E-state index is 13.2. The lowest BCUT2D eigenvalue weighted by Crippen LogP contribution is -2.19. The number of ether oxygens (including phenoxy) is 1. The Balaban J connectivity index is 1.82. The van der Waals surface area contributed by atoms with Gasteiger partial charge in [0.25, 0.3) is 0 Å². The second-order valence-corrected chi connectivity index (χ2v) is 11.0. The molecule has 2 aliphatic rings. The zero-order valence-electron chi connectivity index (χ0n) is 20.7. The number of aryl methyl sites for hydroxylation is 1. The number of fused-ring (bicyclic) bond motifs is 1. The van der Waals surface area contributed by atoms with E-state index in [2.05, 4.69) is 6.58 Å². The van der Waals surface area contributed by atoms with Gasteiger partial charge in [0.2, 0.25) is 0 Å². The summed E-state index contributed by atoms with van der Waals surface area (Å²) in [6.45, 7) is 9.53. The standard InChI is InChI=1S/C28H30O7S/c1-5-20-18(4)24-15-34-28(31)25(24)26(35-36(32,33)19-12-9-16(2)10-13-19)22(20)14-11-17(3)21-7-6-8-23(21)27(29)30/h5,9-13,21,23H,1,6-8,14-15H2,2-4H3,(H,29,30)/b17-11+. The van der Waals surface area contributed by atoms with Crippen molar-refractivity contribution in [3.63, 3.8) is 0 Å². The van der Waals surface area contributed by atoms with Gasteiger partial charge in [-0.3, -0.25) is 4.79 Å². The lowest BCUT2D eigenvalue weighted by Gasteiger charge is -2.20. The molecular weight excluding hydrogens is 480 g/mol. The number of carbonyl (C=O) groups is 2. The third-order valence-electron chi connectivity index (χ3n) is 7.29. The molecule has 0 radical (unpaired) electrons. The van der Waals surface area contributed by atoms with Crippen molar-refractivity contribution in [1.29, 1.82) is 0 Å². The lowest BCUT2D eigenvalue weighted by atomic mass is 9.87. The van der Waals surface area contributed by atoms with E-state index >= 15 is 0 Å². The van der Waals surface area contributed by atoms with Gasteiger partial charge in [-0.2, -0.15) is 8.42 Å². The molecule has 1 saturated carbocycles. The van der Waals surface area contributed by atoms with Crippen LogP contribution in [0.1, 0.15) is 64.4 Å². The predicted molar refractivity (Wildman–Crippen MR) is 135 cm³/mol. The maximum atomic E-state index is 13.2. The van der Waals surface area contributed by atoms with Crippen molar-refractivity contribution < 1.29 is 32.0 Å². The van der Waals surface area contributed by atoms with Gasteiger partial charge in [-0.05, 0) is 69.2 Å². The molecule has 0 saturated heterocycles. The number of allylic oxidation sites excluding steroid dienone is 2. The molecular formula is C28H30O7S. The summed E-state index contributed by atoms with van der Waals surface area (Å²) in [7, 11) is -4.25. The highest BCUT2D eigenvalue weighted by Crippen LogP contribution is 2.42. The van der Waals surface area contributed by atoms with Crippen LogP contribution < -0.4 is 4.18 Å². The van der Waals surface area contributed by atoms with Gasteiger partial charge in [0, 0.05) is 11.1 Å². The maximum Gasteiger partial charge on any atom is 0.342 e. The highest BCUT2D eigenvalue weighted by atomic mass is 32.2. The first-order chi connectivity index (χ1) is 17.0. The molecule has 8 heteroatoms.